The van der Waals surface area contributed by atoms with Crippen molar-refractivity contribution in [3.63, 3.8) is 0 Å². The van der Waals surface area contributed by atoms with Crippen LogP contribution in [0.2, 0.25) is 18.1 Å². The van der Waals surface area contributed by atoms with Crippen molar-refractivity contribution in [1.82, 2.24) is 0 Å². The molecule has 1 N–H and O–H groups in total. The number of aliphatic hydroxyl groups is 1. The van der Waals surface area contributed by atoms with Gasteiger partial charge in [0.1, 0.15) is 0 Å². The largest absolute Gasteiger partial charge is 0.414 e. The van der Waals surface area contributed by atoms with Crippen LogP contribution in [0, 0.1) is 11.3 Å². The quantitative estimate of drug-likeness (QED) is 0.404. The molecule has 0 aliphatic heterocycles. The molecule has 0 spiro atoms. The molecule has 0 saturated heterocycles. The van der Waals surface area contributed by atoms with Crippen LogP contribution in [0.1, 0.15) is 86.5 Å². The molecule has 0 aromatic carbocycles. The maximum Gasteiger partial charge on any atom is 0.192 e. The van der Waals surface area contributed by atoms with Crippen molar-refractivity contribution in [3.05, 3.63) is 23.3 Å². The fourth-order valence-corrected chi connectivity index (χ4v) is 5.83. The molecule has 2 bridgehead atoms. The normalized spacial score (nSPS) is 38.0. The van der Waals surface area contributed by atoms with Crippen LogP contribution in [0.5, 0.6) is 0 Å². The Hall–Kier alpha value is -0.383. The third-order valence-electron chi connectivity index (χ3n) is 7.54. The number of rotatable bonds is 2. The van der Waals surface area contributed by atoms with Crippen LogP contribution in [0.4, 0.5) is 0 Å². The first-order chi connectivity index (χ1) is 12.3. The lowest BCUT2D eigenvalue weighted by Crippen LogP contribution is -2.50. The van der Waals surface area contributed by atoms with Gasteiger partial charge < -0.3 is 9.53 Å². The molecule has 0 aromatic rings. The number of fused-ring (bicyclic) bond motifs is 2. The Kier molecular flexibility index (Phi) is 7.25. The third-order valence-corrected chi connectivity index (χ3v) is 12.0. The van der Waals surface area contributed by atoms with Gasteiger partial charge in [-0.05, 0) is 82.3 Å². The highest BCUT2D eigenvalue weighted by Gasteiger charge is 2.46. The highest BCUT2D eigenvalue weighted by molar-refractivity contribution is 6.74. The lowest BCUT2D eigenvalue weighted by molar-refractivity contribution is -0.0292. The first-order valence-corrected chi connectivity index (χ1v) is 13.9. The van der Waals surface area contributed by atoms with Gasteiger partial charge in [-0.25, -0.2) is 0 Å². The minimum absolute atomic E-state index is 0.192. The molecular formula is C24H44O2Si. The Balaban J connectivity index is 2.29. The smallest absolute Gasteiger partial charge is 0.192 e. The minimum atomic E-state index is -1.84. The van der Waals surface area contributed by atoms with Gasteiger partial charge in [0.05, 0.1) is 12.2 Å². The maximum absolute atomic E-state index is 11.2. The zero-order valence-corrected chi connectivity index (χ0v) is 20.2. The molecule has 2 aliphatic carbocycles. The van der Waals surface area contributed by atoms with Crippen molar-refractivity contribution in [2.45, 2.75) is 117 Å². The van der Waals surface area contributed by atoms with Crippen molar-refractivity contribution in [2.24, 2.45) is 11.3 Å². The highest BCUT2D eigenvalue weighted by Crippen LogP contribution is 2.48. The first kappa shape index (κ1) is 22.9. The van der Waals surface area contributed by atoms with Gasteiger partial charge in [0.25, 0.3) is 0 Å². The van der Waals surface area contributed by atoms with Crippen LogP contribution < -0.4 is 0 Å². The lowest BCUT2D eigenvalue weighted by atomic mass is 9.65. The summed E-state index contributed by atoms with van der Waals surface area (Å²) in [6.07, 6.45) is 12.3. The van der Waals surface area contributed by atoms with Gasteiger partial charge >= 0.3 is 0 Å². The third kappa shape index (κ3) is 6.05. The lowest BCUT2D eigenvalue weighted by Gasteiger charge is -2.48. The van der Waals surface area contributed by atoms with E-state index in [4.69, 9.17) is 4.43 Å². The van der Waals surface area contributed by atoms with Crippen LogP contribution in [0.15, 0.2) is 23.3 Å². The van der Waals surface area contributed by atoms with Crippen LogP contribution in [-0.2, 0) is 4.43 Å². The second kappa shape index (κ2) is 8.55. The first-order valence-electron chi connectivity index (χ1n) is 11.0. The molecule has 0 heterocycles. The monoisotopic (exact) mass is 392 g/mol. The standard InChI is InChI=1S/C24H44O2Si/c1-18-10-9-11-19(2)16-21(25)20-17-24(6,14-12-18)15-13-22(20)26-27(7,8)23(3,4)5/h10,16,20-22,25H,9,11-15,17H2,1-8H3/b18-10-,19-16+/t20-,21-,22-,24+/m1/s1. The van der Waals surface area contributed by atoms with Crippen molar-refractivity contribution in [2.75, 3.05) is 0 Å². The van der Waals surface area contributed by atoms with E-state index in [0.29, 0.717) is 5.41 Å². The average Bonchev–Trinajstić information content (AvgIpc) is 2.53. The van der Waals surface area contributed by atoms with Gasteiger partial charge in [-0.3, -0.25) is 0 Å². The number of aliphatic hydroxyl groups excluding tert-OH is 1. The Labute approximate surface area is 169 Å². The molecule has 1 fully saturated rings. The van der Waals surface area contributed by atoms with Crippen molar-refractivity contribution >= 4 is 8.32 Å². The van der Waals surface area contributed by atoms with Crippen LogP contribution in [-0.4, -0.2) is 25.6 Å². The van der Waals surface area contributed by atoms with Gasteiger partial charge in [0.2, 0.25) is 0 Å². The summed E-state index contributed by atoms with van der Waals surface area (Å²) in [5, 5.41) is 11.4. The SMILES string of the molecule is C/C1=C/CC/C(C)=C/[C@@H](O)[C@H]2C[C@@](C)(CC1)CC[C@H]2O[Si](C)(C)C(C)(C)C. The number of allylic oxidation sites excluding steroid dienone is 3. The topological polar surface area (TPSA) is 29.5 Å². The van der Waals surface area contributed by atoms with E-state index < -0.39 is 8.32 Å². The summed E-state index contributed by atoms with van der Waals surface area (Å²) < 4.78 is 6.86. The molecule has 1 saturated carbocycles. The molecule has 0 aromatic heterocycles. The van der Waals surface area contributed by atoms with Gasteiger partial charge in [-0.1, -0.05) is 51.0 Å². The van der Waals surface area contributed by atoms with Crippen molar-refractivity contribution < 1.29 is 9.53 Å². The Morgan fingerprint density at radius 2 is 1.78 bits per heavy atom. The summed E-state index contributed by atoms with van der Waals surface area (Å²) in [5.41, 5.74) is 3.15. The Bertz CT molecular complexity index is 569. The average molecular weight is 393 g/mol. The van der Waals surface area contributed by atoms with E-state index in [-0.39, 0.29) is 23.2 Å². The summed E-state index contributed by atoms with van der Waals surface area (Å²) >= 11 is 0. The van der Waals surface area contributed by atoms with E-state index in [2.05, 4.69) is 66.8 Å². The summed E-state index contributed by atoms with van der Waals surface area (Å²) in [4.78, 5) is 0. The zero-order valence-electron chi connectivity index (χ0n) is 19.2. The van der Waals surface area contributed by atoms with Gasteiger partial charge in [-0.15, -0.1) is 0 Å². The van der Waals surface area contributed by atoms with Crippen LogP contribution in [0.25, 0.3) is 0 Å². The second-order valence-corrected chi connectivity index (χ2v) is 16.0. The predicted octanol–water partition coefficient (Wildman–Crippen LogP) is 7.01. The Morgan fingerprint density at radius 1 is 1.11 bits per heavy atom. The number of hydrogen-bond donors (Lipinski definition) is 1. The molecule has 2 nitrogen and oxygen atoms in total. The zero-order chi connectivity index (χ0) is 20.5. The fraction of sp³-hybridized carbons (Fsp3) is 0.833. The number of hydrogen-bond acceptors (Lipinski definition) is 2. The Morgan fingerprint density at radius 3 is 2.41 bits per heavy atom. The fourth-order valence-electron chi connectivity index (χ4n) is 4.42. The van der Waals surface area contributed by atoms with Gasteiger partial charge in [0, 0.05) is 5.92 Å². The van der Waals surface area contributed by atoms with Crippen LogP contribution in [0.3, 0.4) is 0 Å². The molecule has 0 unspecified atom stereocenters. The molecule has 156 valence electrons. The summed E-state index contributed by atoms with van der Waals surface area (Å²) in [7, 11) is -1.84. The molecule has 0 radical (unpaired) electrons. The van der Waals surface area contributed by atoms with Gasteiger partial charge in [0.15, 0.2) is 8.32 Å². The van der Waals surface area contributed by atoms with Crippen molar-refractivity contribution in [1.29, 1.82) is 0 Å². The highest BCUT2D eigenvalue weighted by atomic mass is 28.4. The molecule has 27 heavy (non-hydrogen) atoms. The molecule has 3 heteroatoms. The predicted molar refractivity (Wildman–Crippen MR) is 120 cm³/mol. The van der Waals surface area contributed by atoms with E-state index in [1.807, 2.05) is 0 Å². The van der Waals surface area contributed by atoms with E-state index in [0.717, 1.165) is 25.7 Å². The second-order valence-electron chi connectivity index (χ2n) is 11.2. The van der Waals surface area contributed by atoms with E-state index >= 15 is 0 Å². The van der Waals surface area contributed by atoms with E-state index in [1.54, 1.807) is 0 Å². The summed E-state index contributed by atoms with van der Waals surface area (Å²) in [6.45, 7) is 18.5. The summed E-state index contributed by atoms with van der Waals surface area (Å²) in [6, 6.07) is 0. The van der Waals surface area contributed by atoms with E-state index in [9.17, 15) is 5.11 Å². The molecule has 0 amide bonds. The minimum Gasteiger partial charge on any atom is -0.414 e. The summed E-state index contributed by atoms with van der Waals surface area (Å²) in [5.74, 6) is 0.219. The maximum atomic E-state index is 11.2. The van der Waals surface area contributed by atoms with Gasteiger partial charge in [-0.2, -0.15) is 0 Å². The van der Waals surface area contributed by atoms with Crippen molar-refractivity contribution in [3.8, 4) is 0 Å². The molecular weight excluding hydrogens is 348 g/mol. The molecule has 2 rings (SSSR count). The van der Waals surface area contributed by atoms with Crippen LogP contribution >= 0.6 is 0 Å². The van der Waals surface area contributed by atoms with E-state index in [1.165, 1.54) is 30.4 Å². The molecule has 2 aliphatic rings. The molecule has 4 atom stereocenters.